The Morgan fingerprint density at radius 3 is 2.86 bits per heavy atom. The Kier molecular flexibility index (Phi) is 9.40. The summed E-state index contributed by atoms with van der Waals surface area (Å²) in [6.07, 6.45) is 3.04. The first-order chi connectivity index (χ1) is 6.70. The van der Waals surface area contributed by atoms with Gasteiger partial charge >= 0.3 is 0 Å². The number of amides is 1. The smallest absolute Gasteiger partial charge is 0.246 e. The SMILES string of the molecule is CCCOCC(=O)NC(C)CCCBr. The fourth-order valence-electron chi connectivity index (χ4n) is 1.08. The van der Waals surface area contributed by atoms with Crippen molar-refractivity contribution in [3.8, 4) is 0 Å². The molecule has 0 aliphatic heterocycles. The number of carbonyl (C=O) groups is 1. The molecule has 0 spiro atoms. The van der Waals surface area contributed by atoms with Gasteiger partial charge in [-0.2, -0.15) is 0 Å². The molecule has 0 heterocycles. The van der Waals surface area contributed by atoms with Gasteiger partial charge in [0, 0.05) is 18.0 Å². The zero-order valence-corrected chi connectivity index (χ0v) is 10.6. The highest BCUT2D eigenvalue weighted by atomic mass is 79.9. The summed E-state index contributed by atoms with van der Waals surface area (Å²) >= 11 is 3.36. The Bertz CT molecular complexity index is 153. The molecule has 0 rings (SSSR count). The predicted octanol–water partition coefficient (Wildman–Crippen LogP) is 2.09. The highest BCUT2D eigenvalue weighted by Gasteiger charge is 2.06. The third-order valence-corrected chi connectivity index (χ3v) is 2.32. The van der Waals surface area contributed by atoms with E-state index in [1.54, 1.807) is 0 Å². The second-order valence-electron chi connectivity index (χ2n) is 3.35. The minimum Gasteiger partial charge on any atom is -0.372 e. The number of carbonyl (C=O) groups excluding carboxylic acids is 1. The monoisotopic (exact) mass is 265 g/mol. The summed E-state index contributed by atoms with van der Waals surface area (Å²) in [5.41, 5.74) is 0. The van der Waals surface area contributed by atoms with Gasteiger partial charge in [-0.25, -0.2) is 0 Å². The Balaban J connectivity index is 3.40. The third kappa shape index (κ3) is 8.51. The Morgan fingerprint density at radius 1 is 1.57 bits per heavy atom. The highest BCUT2D eigenvalue weighted by molar-refractivity contribution is 9.09. The topological polar surface area (TPSA) is 38.3 Å². The molecule has 0 aromatic rings. The maximum Gasteiger partial charge on any atom is 0.246 e. The van der Waals surface area contributed by atoms with E-state index in [0.29, 0.717) is 6.61 Å². The van der Waals surface area contributed by atoms with Gasteiger partial charge in [0.2, 0.25) is 5.91 Å². The quantitative estimate of drug-likeness (QED) is 0.539. The van der Waals surface area contributed by atoms with Crippen LogP contribution in [0.15, 0.2) is 0 Å². The van der Waals surface area contributed by atoms with Crippen LogP contribution in [0.25, 0.3) is 0 Å². The van der Waals surface area contributed by atoms with Crippen molar-refractivity contribution >= 4 is 21.8 Å². The average molecular weight is 266 g/mol. The van der Waals surface area contributed by atoms with Gasteiger partial charge in [0.05, 0.1) is 0 Å². The number of halogens is 1. The number of alkyl halides is 1. The summed E-state index contributed by atoms with van der Waals surface area (Å²) in [6, 6.07) is 0.241. The molecular weight excluding hydrogens is 246 g/mol. The first kappa shape index (κ1) is 13.9. The average Bonchev–Trinajstić information content (AvgIpc) is 2.15. The van der Waals surface area contributed by atoms with Crippen molar-refractivity contribution < 1.29 is 9.53 Å². The molecule has 1 unspecified atom stereocenters. The number of nitrogens with one attached hydrogen (secondary N) is 1. The van der Waals surface area contributed by atoms with Gasteiger partial charge in [-0.15, -0.1) is 0 Å². The molecule has 0 aromatic heterocycles. The zero-order chi connectivity index (χ0) is 10.8. The summed E-state index contributed by atoms with van der Waals surface area (Å²) in [5, 5.41) is 3.87. The van der Waals surface area contributed by atoms with E-state index in [0.717, 1.165) is 24.6 Å². The molecule has 0 aliphatic carbocycles. The number of hydrogen-bond acceptors (Lipinski definition) is 2. The fourth-order valence-corrected chi connectivity index (χ4v) is 1.40. The van der Waals surface area contributed by atoms with Crippen LogP contribution in [0.5, 0.6) is 0 Å². The molecule has 1 amide bonds. The van der Waals surface area contributed by atoms with Crippen LogP contribution in [0.3, 0.4) is 0 Å². The zero-order valence-electron chi connectivity index (χ0n) is 9.01. The molecule has 0 bridgehead atoms. The number of ether oxygens (including phenoxy) is 1. The standard InChI is InChI=1S/C10H20BrNO2/c1-3-7-14-8-10(13)12-9(2)5-4-6-11/h9H,3-8H2,1-2H3,(H,12,13). The van der Waals surface area contributed by atoms with Gasteiger partial charge in [0.1, 0.15) is 6.61 Å². The van der Waals surface area contributed by atoms with Crippen LogP contribution < -0.4 is 5.32 Å². The number of rotatable bonds is 8. The molecule has 0 saturated heterocycles. The van der Waals surface area contributed by atoms with Crippen molar-refractivity contribution in [1.82, 2.24) is 5.32 Å². The maximum absolute atomic E-state index is 11.2. The highest BCUT2D eigenvalue weighted by Crippen LogP contribution is 1.98. The van der Waals surface area contributed by atoms with Crippen molar-refractivity contribution in [2.75, 3.05) is 18.5 Å². The first-order valence-electron chi connectivity index (χ1n) is 5.13. The summed E-state index contributed by atoms with van der Waals surface area (Å²) in [4.78, 5) is 11.2. The molecule has 0 fully saturated rings. The fraction of sp³-hybridized carbons (Fsp3) is 0.900. The summed E-state index contributed by atoms with van der Waals surface area (Å²) in [7, 11) is 0. The van der Waals surface area contributed by atoms with Gasteiger partial charge in [0.25, 0.3) is 0 Å². The molecule has 14 heavy (non-hydrogen) atoms. The molecular formula is C10H20BrNO2. The van der Waals surface area contributed by atoms with E-state index in [2.05, 4.69) is 21.2 Å². The normalized spacial score (nSPS) is 12.5. The molecule has 1 atom stereocenters. The van der Waals surface area contributed by atoms with Crippen LogP contribution in [0.2, 0.25) is 0 Å². The van der Waals surface area contributed by atoms with Gasteiger partial charge in [-0.1, -0.05) is 22.9 Å². The van der Waals surface area contributed by atoms with Crippen LogP contribution in [-0.4, -0.2) is 30.5 Å². The summed E-state index contributed by atoms with van der Waals surface area (Å²) in [5.74, 6) is -0.0134. The second-order valence-corrected chi connectivity index (χ2v) is 4.15. The van der Waals surface area contributed by atoms with Crippen LogP contribution in [0.4, 0.5) is 0 Å². The summed E-state index contributed by atoms with van der Waals surface area (Å²) in [6.45, 7) is 4.88. The van der Waals surface area contributed by atoms with Crippen LogP contribution in [-0.2, 0) is 9.53 Å². The van der Waals surface area contributed by atoms with Crippen molar-refractivity contribution in [3.05, 3.63) is 0 Å². The lowest BCUT2D eigenvalue weighted by Gasteiger charge is -2.12. The van der Waals surface area contributed by atoms with Crippen LogP contribution in [0, 0.1) is 0 Å². The molecule has 1 N–H and O–H groups in total. The van der Waals surface area contributed by atoms with Crippen molar-refractivity contribution in [2.45, 2.75) is 39.2 Å². The molecule has 0 saturated carbocycles. The van der Waals surface area contributed by atoms with E-state index in [1.165, 1.54) is 0 Å². The van der Waals surface area contributed by atoms with Gasteiger partial charge in [-0.3, -0.25) is 4.79 Å². The maximum atomic E-state index is 11.2. The molecule has 0 radical (unpaired) electrons. The van der Waals surface area contributed by atoms with Gasteiger partial charge < -0.3 is 10.1 Å². The largest absolute Gasteiger partial charge is 0.372 e. The van der Waals surface area contributed by atoms with Crippen LogP contribution in [0.1, 0.15) is 33.1 Å². The Morgan fingerprint density at radius 2 is 2.29 bits per heavy atom. The molecule has 84 valence electrons. The lowest BCUT2D eigenvalue weighted by molar-refractivity contribution is -0.126. The third-order valence-electron chi connectivity index (χ3n) is 1.76. The van der Waals surface area contributed by atoms with Gasteiger partial charge in [-0.05, 0) is 26.2 Å². The number of hydrogen-bond donors (Lipinski definition) is 1. The first-order valence-corrected chi connectivity index (χ1v) is 6.26. The van der Waals surface area contributed by atoms with E-state index in [-0.39, 0.29) is 18.6 Å². The van der Waals surface area contributed by atoms with E-state index >= 15 is 0 Å². The lowest BCUT2D eigenvalue weighted by atomic mass is 10.2. The Hall–Kier alpha value is -0.0900. The predicted molar refractivity (Wildman–Crippen MR) is 61.7 cm³/mol. The van der Waals surface area contributed by atoms with Gasteiger partial charge in [0.15, 0.2) is 0 Å². The minimum atomic E-state index is -0.0134. The van der Waals surface area contributed by atoms with E-state index in [1.807, 2.05) is 13.8 Å². The van der Waals surface area contributed by atoms with E-state index in [9.17, 15) is 4.79 Å². The Labute approximate surface area is 94.7 Å². The van der Waals surface area contributed by atoms with Crippen molar-refractivity contribution in [3.63, 3.8) is 0 Å². The molecule has 3 nitrogen and oxygen atoms in total. The molecule has 0 aromatic carbocycles. The molecule has 4 heteroatoms. The molecule has 0 aliphatic rings. The van der Waals surface area contributed by atoms with Crippen LogP contribution >= 0.6 is 15.9 Å². The van der Waals surface area contributed by atoms with Crippen molar-refractivity contribution in [2.24, 2.45) is 0 Å². The lowest BCUT2D eigenvalue weighted by Crippen LogP contribution is -2.35. The van der Waals surface area contributed by atoms with E-state index < -0.39 is 0 Å². The van der Waals surface area contributed by atoms with Crippen molar-refractivity contribution in [1.29, 1.82) is 0 Å². The van der Waals surface area contributed by atoms with E-state index in [4.69, 9.17) is 4.74 Å². The minimum absolute atomic E-state index is 0.0134. The summed E-state index contributed by atoms with van der Waals surface area (Å²) < 4.78 is 5.13. The second kappa shape index (κ2) is 9.46.